The van der Waals surface area contributed by atoms with Crippen molar-refractivity contribution in [1.29, 1.82) is 0 Å². The van der Waals surface area contributed by atoms with Gasteiger partial charge in [0, 0.05) is 19.0 Å². The molecule has 0 aromatic heterocycles. The van der Waals surface area contributed by atoms with Crippen molar-refractivity contribution >= 4 is 23.9 Å². The van der Waals surface area contributed by atoms with Crippen molar-refractivity contribution in [3.8, 4) is 0 Å². The summed E-state index contributed by atoms with van der Waals surface area (Å²) in [5.74, 6) is -2.32. The normalized spacial score (nSPS) is 13.0. The van der Waals surface area contributed by atoms with Crippen molar-refractivity contribution < 1.29 is 39.6 Å². The molecule has 0 aliphatic rings. The summed E-state index contributed by atoms with van der Waals surface area (Å²) in [4.78, 5) is 41.9. The first-order valence-corrected chi connectivity index (χ1v) is 12.6. The summed E-state index contributed by atoms with van der Waals surface area (Å²) in [5, 5.41) is 38.5. The molecule has 13 nitrogen and oxygen atoms in total. The summed E-state index contributed by atoms with van der Waals surface area (Å²) in [7, 11) is 0. The standard InChI is InChI=1S/C12H16N2O3.C6H15NO.C5H11NO2.C3H7NO2/c1-2-13-12(17)14-10(11(15)16)8-9-6-4-3-5-7-9;1-5(2)3-6(7)4-8;1-3(2)4(6)5(7)8;1-2(4)3(5)6/h3-7,10H,2,8H2,1H3,(H,15,16)(H2,13,14,17);5-6,8H,3-4,7H2,1-2H3;3-4H,6H2,1-2H3,(H,7,8);2H,4H2,1H3,(H,5,6)/t10-;6-;4-;2-/m0000/s1. The Hall–Kier alpha value is -3.26. The molecule has 0 saturated carbocycles. The maximum Gasteiger partial charge on any atom is 0.326 e. The van der Waals surface area contributed by atoms with E-state index in [0.29, 0.717) is 12.5 Å². The number of carbonyl (C=O) groups excluding carboxylic acids is 1. The van der Waals surface area contributed by atoms with Gasteiger partial charge in [0.25, 0.3) is 0 Å². The van der Waals surface area contributed by atoms with E-state index in [9.17, 15) is 19.2 Å². The molecule has 0 unspecified atom stereocenters. The molecule has 1 aromatic rings. The fraction of sp³-hybridized carbons (Fsp3) is 0.615. The van der Waals surface area contributed by atoms with E-state index in [4.69, 9.17) is 37.6 Å². The quantitative estimate of drug-likeness (QED) is 0.183. The van der Waals surface area contributed by atoms with Crippen LogP contribution in [0.4, 0.5) is 4.79 Å². The van der Waals surface area contributed by atoms with Gasteiger partial charge in [0.1, 0.15) is 18.1 Å². The maximum atomic E-state index is 11.3. The number of aliphatic carboxylic acids is 3. The first-order chi connectivity index (χ1) is 18.0. The molecule has 12 N–H and O–H groups in total. The van der Waals surface area contributed by atoms with Crippen molar-refractivity contribution in [3.05, 3.63) is 35.9 Å². The molecule has 0 heterocycles. The number of aliphatic hydroxyl groups excluding tert-OH is 1. The molecule has 0 saturated heterocycles. The first kappa shape index (κ1) is 40.2. The third-order valence-corrected chi connectivity index (χ3v) is 4.62. The molecule has 0 fully saturated rings. The minimum atomic E-state index is -1.04. The van der Waals surface area contributed by atoms with Crippen molar-refractivity contribution in [3.63, 3.8) is 0 Å². The Morgan fingerprint density at radius 3 is 1.59 bits per heavy atom. The highest BCUT2D eigenvalue weighted by atomic mass is 16.4. The lowest BCUT2D eigenvalue weighted by Gasteiger charge is -2.14. The fourth-order valence-corrected chi connectivity index (χ4v) is 2.38. The smallest absolute Gasteiger partial charge is 0.326 e. The van der Waals surface area contributed by atoms with E-state index in [1.165, 1.54) is 6.92 Å². The van der Waals surface area contributed by atoms with Crippen LogP contribution in [0.1, 0.15) is 53.5 Å². The van der Waals surface area contributed by atoms with E-state index >= 15 is 0 Å². The number of benzene rings is 1. The van der Waals surface area contributed by atoms with Crippen LogP contribution >= 0.6 is 0 Å². The van der Waals surface area contributed by atoms with Crippen LogP contribution in [0, 0.1) is 11.8 Å². The Bertz CT molecular complexity index is 807. The molecule has 1 aromatic carbocycles. The molecule has 0 aliphatic heterocycles. The van der Waals surface area contributed by atoms with Gasteiger partial charge in [-0.15, -0.1) is 0 Å². The predicted octanol–water partition coefficient (Wildman–Crippen LogP) is 0.826. The Kier molecular flexibility index (Phi) is 24.6. The highest BCUT2D eigenvalue weighted by molar-refractivity contribution is 5.82. The van der Waals surface area contributed by atoms with Gasteiger partial charge in [-0.1, -0.05) is 58.0 Å². The van der Waals surface area contributed by atoms with Gasteiger partial charge >= 0.3 is 23.9 Å². The zero-order valence-corrected chi connectivity index (χ0v) is 23.8. The monoisotopic (exact) mass is 559 g/mol. The Balaban J connectivity index is -0.000000495. The molecule has 226 valence electrons. The van der Waals surface area contributed by atoms with Gasteiger partial charge in [-0.25, -0.2) is 9.59 Å². The van der Waals surface area contributed by atoms with E-state index in [1.54, 1.807) is 20.8 Å². The summed E-state index contributed by atoms with van der Waals surface area (Å²) >= 11 is 0. The van der Waals surface area contributed by atoms with E-state index in [1.807, 2.05) is 30.3 Å². The van der Waals surface area contributed by atoms with Crippen LogP contribution in [0.25, 0.3) is 0 Å². The lowest BCUT2D eigenvalue weighted by atomic mass is 10.1. The lowest BCUT2D eigenvalue weighted by molar-refractivity contribution is -0.140. The number of carboxylic acid groups (broad SMARTS) is 3. The summed E-state index contributed by atoms with van der Waals surface area (Å²) in [6.07, 6.45) is 1.18. The van der Waals surface area contributed by atoms with Gasteiger partial charge in [-0.05, 0) is 37.7 Å². The SMILES string of the molecule is CC(C)C[C@H](N)CO.CC(C)[C@H](N)C(=O)O.CCNC(=O)N[C@@H](Cc1ccccc1)C(=O)O.C[C@H](N)C(=O)O. The number of nitrogens with two attached hydrogens (primary N) is 3. The zero-order chi connectivity index (χ0) is 31.1. The fourth-order valence-electron chi connectivity index (χ4n) is 2.38. The number of rotatable bonds is 11. The van der Waals surface area contributed by atoms with Crippen LogP contribution in [0.5, 0.6) is 0 Å². The highest BCUT2D eigenvalue weighted by Crippen LogP contribution is 2.03. The Morgan fingerprint density at radius 1 is 0.846 bits per heavy atom. The molecular weight excluding hydrogens is 510 g/mol. The van der Waals surface area contributed by atoms with Crippen LogP contribution in [0.15, 0.2) is 30.3 Å². The molecular formula is C26H49N5O8. The van der Waals surface area contributed by atoms with Crippen LogP contribution in [0.2, 0.25) is 0 Å². The van der Waals surface area contributed by atoms with Crippen LogP contribution in [-0.2, 0) is 20.8 Å². The maximum absolute atomic E-state index is 11.3. The minimum absolute atomic E-state index is 0.0185. The second-order valence-corrected chi connectivity index (χ2v) is 9.39. The Morgan fingerprint density at radius 2 is 1.33 bits per heavy atom. The molecule has 13 heteroatoms. The molecule has 0 aliphatic carbocycles. The number of nitrogens with one attached hydrogen (secondary N) is 2. The second-order valence-electron chi connectivity index (χ2n) is 9.39. The minimum Gasteiger partial charge on any atom is -0.480 e. The van der Waals surface area contributed by atoms with Crippen LogP contribution in [0.3, 0.4) is 0 Å². The van der Waals surface area contributed by atoms with E-state index in [-0.39, 0.29) is 25.0 Å². The third-order valence-electron chi connectivity index (χ3n) is 4.62. The average Bonchev–Trinajstić information content (AvgIpc) is 2.84. The zero-order valence-electron chi connectivity index (χ0n) is 23.8. The topological polar surface area (TPSA) is 251 Å². The number of urea groups is 1. The Labute approximate surface area is 231 Å². The van der Waals surface area contributed by atoms with Gasteiger partial charge in [0.05, 0.1) is 6.61 Å². The molecule has 0 bridgehead atoms. The first-order valence-electron chi connectivity index (χ1n) is 12.6. The molecule has 0 spiro atoms. The summed E-state index contributed by atoms with van der Waals surface area (Å²) < 4.78 is 0. The van der Waals surface area contributed by atoms with Gasteiger partial charge in [-0.3, -0.25) is 9.59 Å². The number of aliphatic hydroxyl groups is 1. The van der Waals surface area contributed by atoms with Gasteiger partial charge in [-0.2, -0.15) is 0 Å². The van der Waals surface area contributed by atoms with E-state index in [0.717, 1.165) is 12.0 Å². The van der Waals surface area contributed by atoms with Gasteiger partial charge in [0.2, 0.25) is 0 Å². The lowest BCUT2D eigenvalue weighted by Crippen LogP contribution is -2.47. The molecule has 39 heavy (non-hydrogen) atoms. The number of hydrogen-bond acceptors (Lipinski definition) is 8. The third kappa shape index (κ3) is 26.1. The molecule has 1 rings (SSSR count). The van der Waals surface area contributed by atoms with Crippen molar-refractivity contribution in [2.24, 2.45) is 29.0 Å². The van der Waals surface area contributed by atoms with Crippen LogP contribution in [-0.4, -0.2) is 81.7 Å². The van der Waals surface area contributed by atoms with Gasteiger partial charge in [0.15, 0.2) is 0 Å². The summed E-state index contributed by atoms with van der Waals surface area (Å²) in [5.41, 5.74) is 16.3. The van der Waals surface area contributed by atoms with E-state index in [2.05, 4.69) is 24.5 Å². The van der Waals surface area contributed by atoms with Crippen molar-refractivity contribution in [2.45, 2.75) is 78.6 Å². The number of carbonyl (C=O) groups is 4. The molecule has 0 radical (unpaired) electrons. The van der Waals surface area contributed by atoms with Crippen molar-refractivity contribution in [2.75, 3.05) is 13.2 Å². The molecule has 2 amide bonds. The number of carboxylic acids is 3. The van der Waals surface area contributed by atoms with E-state index < -0.39 is 42.1 Å². The summed E-state index contributed by atoms with van der Waals surface area (Å²) in [6.45, 7) is 11.5. The highest BCUT2D eigenvalue weighted by Gasteiger charge is 2.19. The van der Waals surface area contributed by atoms with Gasteiger partial charge < -0.3 is 48.3 Å². The van der Waals surface area contributed by atoms with Crippen LogP contribution < -0.4 is 27.8 Å². The average molecular weight is 560 g/mol. The molecule has 4 atom stereocenters. The largest absolute Gasteiger partial charge is 0.480 e. The van der Waals surface area contributed by atoms with Crippen molar-refractivity contribution in [1.82, 2.24) is 10.6 Å². The second kappa shape index (κ2) is 23.8. The predicted molar refractivity (Wildman–Crippen MR) is 150 cm³/mol. The summed E-state index contributed by atoms with van der Waals surface area (Å²) in [6, 6.07) is 6.34. The number of amides is 2. The number of hydrogen-bond donors (Lipinski definition) is 9.